The zero-order chi connectivity index (χ0) is 13.8. The van der Waals surface area contributed by atoms with Crippen LogP contribution in [0.1, 0.15) is 29.9 Å². The second-order valence-corrected chi connectivity index (χ2v) is 5.45. The summed E-state index contributed by atoms with van der Waals surface area (Å²) in [4.78, 5) is 0. The molecular weight excluding hydrogens is 249 g/mol. The quantitative estimate of drug-likeness (QED) is 0.799. The van der Waals surface area contributed by atoms with Gasteiger partial charge in [0, 0.05) is 19.0 Å². The normalized spacial score (nSPS) is 17.9. The van der Waals surface area contributed by atoms with Crippen LogP contribution in [0.4, 0.5) is 4.39 Å². The number of piperidine rings is 1. The molecule has 1 unspecified atom stereocenters. The Balaban J connectivity index is 1.96. The minimum absolute atomic E-state index is 0.167. The van der Waals surface area contributed by atoms with Crippen LogP contribution in [-0.2, 0) is 0 Å². The Bertz CT molecular complexity index is 529. The van der Waals surface area contributed by atoms with E-state index in [9.17, 15) is 4.39 Å². The van der Waals surface area contributed by atoms with Gasteiger partial charge in [-0.2, -0.15) is 0 Å². The first kappa shape index (κ1) is 13.3. The molecule has 2 aromatic rings. The van der Waals surface area contributed by atoms with Crippen molar-refractivity contribution in [2.45, 2.75) is 18.8 Å². The van der Waals surface area contributed by atoms with E-state index in [4.69, 9.17) is 0 Å². The van der Waals surface area contributed by atoms with Crippen molar-refractivity contribution in [3.8, 4) is 0 Å². The summed E-state index contributed by atoms with van der Waals surface area (Å²) in [6.45, 7) is 1.91. The number of benzene rings is 2. The van der Waals surface area contributed by atoms with Crippen LogP contribution in [0.15, 0.2) is 54.6 Å². The van der Waals surface area contributed by atoms with E-state index in [1.165, 1.54) is 11.1 Å². The molecule has 0 bridgehead atoms. The molecule has 20 heavy (non-hydrogen) atoms. The molecule has 1 nitrogen and oxygen atoms in total. The number of hydrogen-bond acceptors (Lipinski definition) is 0. The maximum atomic E-state index is 13.2. The maximum Gasteiger partial charge on any atom is 0.123 e. The Morgan fingerprint density at radius 3 is 2.10 bits per heavy atom. The Morgan fingerprint density at radius 1 is 0.850 bits per heavy atom. The third-order valence-corrected chi connectivity index (χ3v) is 4.18. The lowest BCUT2D eigenvalue weighted by Gasteiger charge is -2.31. The smallest absolute Gasteiger partial charge is 0.123 e. The van der Waals surface area contributed by atoms with Gasteiger partial charge in [0.05, 0.1) is 0 Å². The number of hydrogen-bond donors (Lipinski definition) is 0. The van der Waals surface area contributed by atoms with Crippen LogP contribution in [0, 0.1) is 11.7 Å². The van der Waals surface area contributed by atoms with E-state index in [1.807, 2.05) is 18.2 Å². The van der Waals surface area contributed by atoms with E-state index in [1.54, 1.807) is 12.1 Å². The van der Waals surface area contributed by atoms with E-state index in [0.717, 1.165) is 25.9 Å². The first-order valence-electron chi connectivity index (χ1n) is 7.28. The molecule has 1 aliphatic rings. The molecule has 1 fully saturated rings. The fraction of sp³-hybridized carbons (Fsp3) is 0.333. The van der Waals surface area contributed by atoms with E-state index < -0.39 is 0 Å². The highest BCUT2D eigenvalue weighted by molar-refractivity contribution is 5.33. The van der Waals surface area contributed by atoms with Crippen molar-refractivity contribution in [3.63, 3.8) is 0 Å². The van der Waals surface area contributed by atoms with E-state index in [0.29, 0.717) is 11.8 Å². The number of rotatable bonds is 3. The van der Waals surface area contributed by atoms with Gasteiger partial charge in [0.1, 0.15) is 5.82 Å². The summed E-state index contributed by atoms with van der Waals surface area (Å²) >= 11 is 0. The minimum Gasteiger partial charge on any atom is -0.242 e. The zero-order valence-electron chi connectivity index (χ0n) is 11.5. The van der Waals surface area contributed by atoms with Gasteiger partial charge in [-0.15, -0.1) is 0 Å². The topological polar surface area (TPSA) is 14.1 Å². The summed E-state index contributed by atoms with van der Waals surface area (Å²) < 4.78 is 13.2. The highest BCUT2D eigenvalue weighted by Crippen LogP contribution is 2.36. The second kappa shape index (κ2) is 6.19. The molecule has 1 radical (unpaired) electrons. The fourth-order valence-electron chi connectivity index (χ4n) is 3.17. The molecular formula is C18H19FN. The lowest BCUT2D eigenvalue weighted by molar-refractivity contribution is 0.338. The van der Waals surface area contributed by atoms with Gasteiger partial charge in [-0.05, 0) is 42.0 Å². The molecule has 0 amide bonds. The standard InChI is InChI=1S/C18H19FN/c19-17-8-6-15(7-9-17)18(14-4-2-1-3-5-14)16-10-12-20-13-11-16/h1-9,16,18H,10-13H2. The number of nitrogens with zero attached hydrogens (tertiary/aromatic N) is 1. The number of halogens is 1. The van der Waals surface area contributed by atoms with Gasteiger partial charge in [0.15, 0.2) is 0 Å². The molecule has 0 aromatic heterocycles. The van der Waals surface area contributed by atoms with Gasteiger partial charge >= 0.3 is 0 Å². The molecule has 0 aliphatic carbocycles. The molecule has 2 heteroatoms. The van der Waals surface area contributed by atoms with Crippen LogP contribution in [0.5, 0.6) is 0 Å². The average Bonchev–Trinajstić information content (AvgIpc) is 2.52. The Hall–Kier alpha value is -1.67. The molecule has 0 spiro atoms. The van der Waals surface area contributed by atoms with Crippen molar-refractivity contribution < 1.29 is 4.39 Å². The summed E-state index contributed by atoms with van der Waals surface area (Å²) in [5, 5.41) is 4.45. The van der Waals surface area contributed by atoms with Crippen LogP contribution < -0.4 is 5.32 Å². The summed E-state index contributed by atoms with van der Waals surface area (Å²) in [7, 11) is 0. The van der Waals surface area contributed by atoms with Crippen LogP contribution in [0.2, 0.25) is 0 Å². The second-order valence-electron chi connectivity index (χ2n) is 5.45. The van der Waals surface area contributed by atoms with E-state index in [2.05, 4.69) is 29.6 Å². The largest absolute Gasteiger partial charge is 0.242 e. The molecule has 0 N–H and O–H groups in total. The van der Waals surface area contributed by atoms with Crippen molar-refractivity contribution in [1.29, 1.82) is 0 Å². The van der Waals surface area contributed by atoms with Crippen LogP contribution in [-0.4, -0.2) is 13.1 Å². The zero-order valence-corrected chi connectivity index (χ0v) is 11.5. The van der Waals surface area contributed by atoms with Crippen molar-refractivity contribution in [1.82, 2.24) is 5.32 Å². The lowest BCUT2D eigenvalue weighted by Crippen LogP contribution is -2.27. The van der Waals surface area contributed by atoms with Crippen LogP contribution >= 0.6 is 0 Å². The highest BCUT2D eigenvalue weighted by atomic mass is 19.1. The molecule has 1 saturated heterocycles. The summed E-state index contributed by atoms with van der Waals surface area (Å²) in [5.74, 6) is 0.784. The molecule has 0 saturated carbocycles. The summed E-state index contributed by atoms with van der Waals surface area (Å²) in [6, 6.07) is 17.6. The Morgan fingerprint density at radius 2 is 1.45 bits per heavy atom. The van der Waals surface area contributed by atoms with Crippen molar-refractivity contribution in [2.24, 2.45) is 5.92 Å². The van der Waals surface area contributed by atoms with Gasteiger partial charge in [0.25, 0.3) is 0 Å². The molecule has 103 valence electrons. The maximum absolute atomic E-state index is 13.2. The van der Waals surface area contributed by atoms with Gasteiger partial charge in [0.2, 0.25) is 0 Å². The predicted molar refractivity (Wildman–Crippen MR) is 79.3 cm³/mol. The SMILES string of the molecule is Fc1ccc(C(c2ccccc2)C2CC[N]CC2)cc1. The summed E-state index contributed by atoms with van der Waals surface area (Å²) in [5.41, 5.74) is 2.54. The average molecular weight is 268 g/mol. The van der Waals surface area contributed by atoms with Gasteiger partial charge in [-0.1, -0.05) is 42.5 Å². The van der Waals surface area contributed by atoms with Gasteiger partial charge in [-0.25, -0.2) is 9.71 Å². The van der Waals surface area contributed by atoms with Gasteiger partial charge < -0.3 is 0 Å². The third kappa shape index (κ3) is 2.91. The molecule has 1 heterocycles. The summed E-state index contributed by atoms with van der Waals surface area (Å²) in [6.07, 6.45) is 2.24. The molecule has 2 aromatic carbocycles. The predicted octanol–water partition coefficient (Wildman–Crippen LogP) is 3.97. The monoisotopic (exact) mass is 268 g/mol. The van der Waals surface area contributed by atoms with Crippen molar-refractivity contribution in [2.75, 3.05) is 13.1 Å². The first-order valence-corrected chi connectivity index (χ1v) is 7.28. The van der Waals surface area contributed by atoms with Crippen LogP contribution in [0.3, 0.4) is 0 Å². The lowest BCUT2D eigenvalue weighted by atomic mass is 9.76. The Labute approximate surface area is 119 Å². The van der Waals surface area contributed by atoms with E-state index in [-0.39, 0.29) is 5.82 Å². The molecule has 1 aliphatic heterocycles. The third-order valence-electron chi connectivity index (χ3n) is 4.18. The Kier molecular flexibility index (Phi) is 4.12. The van der Waals surface area contributed by atoms with Gasteiger partial charge in [-0.3, -0.25) is 0 Å². The minimum atomic E-state index is -0.167. The molecule has 3 rings (SSSR count). The highest BCUT2D eigenvalue weighted by Gasteiger charge is 2.26. The van der Waals surface area contributed by atoms with Crippen molar-refractivity contribution >= 4 is 0 Å². The van der Waals surface area contributed by atoms with E-state index >= 15 is 0 Å². The van der Waals surface area contributed by atoms with Crippen molar-refractivity contribution in [3.05, 3.63) is 71.5 Å². The fourth-order valence-corrected chi connectivity index (χ4v) is 3.17. The molecule has 1 atom stereocenters. The van der Waals surface area contributed by atoms with Crippen LogP contribution in [0.25, 0.3) is 0 Å². The first-order chi connectivity index (χ1) is 9.84.